The maximum Gasteiger partial charge on any atom is 0.322 e. The summed E-state index contributed by atoms with van der Waals surface area (Å²) in [6.07, 6.45) is 7.29. The molecule has 0 aliphatic heterocycles. The zero-order chi connectivity index (χ0) is 100. The van der Waals surface area contributed by atoms with Gasteiger partial charge in [-0.3, -0.25) is 76.7 Å². The fourth-order valence-corrected chi connectivity index (χ4v) is 15.0. The summed E-state index contributed by atoms with van der Waals surface area (Å²) in [5.41, 5.74) is 47.3. The third kappa shape index (κ3) is 54.5. The minimum Gasteiger partial charge on any atom is -0.480 e. The molecule has 15 atom stereocenters. The van der Waals surface area contributed by atoms with Gasteiger partial charge in [-0.15, -0.1) is 0 Å². The van der Waals surface area contributed by atoms with Crippen LogP contribution in [0.2, 0.25) is 0 Å². The smallest absolute Gasteiger partial charge is 0.322 e. The van der Waals surface area contributed by atoms with E-state index in [1.807, 2.05) is 111 Å². The van der Waals surface area contributed by atoms with Gasteiger partial charge in [0.15, 0.2) is 0 Å². The predicted octanol–water partition coefficient (Wildman–Crippen LogP) is 0.574. The van der Waals surface area contributed by atoms with E-state index in [-0.39, 0.29) is 163 Å². The van der Waals surface area contributed by atoms with Gasteiger partial charge >= 0.3 is 5.97 Å². The highest BCUT2D eigenvalue weighted by molar-refractivity contribution is 6.01. The highest BCUT2D eigenvalue weighted by Crippen LogP contribution is 2.20. The molecule has 0 bridgehead atoms. The summed E-state index contributed by atoms with van der Waals surface area (Å²) < 4.78 is 0. The van der Waals surface area contributed by atoms with E-state index in [2.05, 4.69) is 79.8 Å². The molecule has 0 aromatic heterocycles. The fourth-order valence-electron chi connectivity index (χ4n) is 15.0. The van der Waals surface area contributed by atoms with Gasteiger partial charge in [0.2, 0.25) is 88.6 Å². The van der Waals surface area contributed by atoms with Crippen molar-refractivity contribution in [2.45, 2.75) is 388 Å². The predicted molar refractivity (Wildman–Crippen MR) is 512 cm³/mol. The van der Waals surface area contributed by atoms with Crippen LogP contribution >= 0.6 is 0 Å². The molecule has 0 aliphatic carbocycles. The Bertz CT molecular complexity index is 3440. The third-order valence-corrected chi connectivity index (χ3v) is 21.9. The molecule has 40 heteroatoms. The van der Waals surface area contributed by atoms with Gasteiger partial charge in [-0.05, 0) is 279 Å². The lowest BCUT2D eigenvalue weighted by molar-refractivity contribution is -0.138. The first-order valence-corrected chi connectivity index (χ1v) is 48.6. The topological polar surface area (TPSA) is 682 Å². The quantitative estimate of drug-likeness (QED) is 0.0370. The molecular formula is C92H177N23O17. The van der Waals surface area contributed by atoms with E-state index >= 15 is 0 Å². The molecule has 0 rings (SSSR count). The highest BCUT2D eigenvalue weighted by Gasteiger charge is 2.40. The summed E-state index contributed by atoms with van der Waals surface area (Å²) in [6, 6.07) is -18.6. The molecule has 32 N–H and O–H groups in total. The molecule has 0 spiro atoms. The number of amides is 15. The minimum absolute atomic E-state index is 0.0114. The first kappa shape index (κ1) is 123. The average Bonchev–Trinajstić information content (AvgIpc) is 0.857. The Kier molecular flexibility index (Phi) is 65.3. The largest absolute Gasteiger partial charge is 0.480 e. The van der Waals surface area contributed by atoms with Crippen molar-refractivity contribution in [1.29, 1.82) is 0 Å². The number of hydrogen-bond acceptors (Lipinski definition) is 24. The van der Waals surface area contributed by atoms with Crippen molar-refractivity contribution in [2.75, 3.05) is 52.4 Å². The second-order valence-electron chi connectivity index (χ2n) is 38.6. The lowest BCUT2D eigenvalue weighted by atomic mass is 9.98. The SMILES string of the molecule is CC(C)C[C@H](NC(=O)[C@H](CCCCN)NC(=O)[C@H](CC(C)C)NC(=O)[C@H](CC(C)C)NC(=O)[C@H](CCCCN)NC(=O)[C@H](CCCCN)NC(=O)[C@H](CC(C)C)NC(=O)[C@H](CC(C)C)NC(=O)[C@H](CCCCN)NC(=O)[C@H](CC(C)C)NC(=O)[C@H](CC(C)C)NC(=O)[C@H](CCCCN)NC(=O)[C@H](CCCCN)NC(=O)[C@@H](N)CC(C)C)C(=O)N[C@@H](CCCCN)C(=O)NCC(=O)O. The van der Waals surface area contributed by atoms with Crippen molar-refractivity contribution in [3.05, 3.63) is 0 Å². The van der Waals surface area contributed by atoms with Gasteiger partial charge < -0.3 is 131 Å². The van der Waals surface area contributed by atoms with E-state index in [9.17, 15) is 81.8 Å². The first-order chi connectivity index (χ1) is 62.2. The van der Waals surface area contributed by atoms with Crippen molar-refractivity contribution >= 4 is 94.6 Å². The summed E-state index contributed by atoms with van der Waals surface area (Å²) in [7, 11) is 0. The van der Waals surface area contributed by atoms with Crippen LogP contribution in [-0.4, -0.2) is 243 Å². The average molecular weight is 1880 g/mol. The zero-order valence-corrected chi connectivity index (χ0v) is 82.5. The number of carboxylic acid groups (broad SMARTS) is 1. The van der Waals surface area contributed by atoms with Crippen LogP contribution in [0.4, 0.5) is 0 Å². The number of nitrogens with two attached hydrogens (primary N) is 8. The molecule has 0 saturated heterocycles. The minimum atomic E-state index is -1.34. The molecule has 132 heavy (non-hydrogen) atoms. The Labute approximate surface area is 785 Å². The standard InChI is InChI=1S/C92H177N23O17/c1-54(2)45-62(100)78(118)102-64(32-18-25-39-94)80(120)104-66(34-20-27-41-96)82(122)110-74(50-59(11)12)90(130)115-73(49-58(9)10)89(129)108-69(37-23-30-44-99)85(125)112-76(52-61(15)16)92(132)113-71(47-56(5)6)87(127)106-65(33-19-26-40-95)81(121)105-67(35-21-28-42-97)83(123)111-75(51-60(13)14)91(131)114-72(48-57(7)8)88(128)107-68(36-22-29-43-98)84(124)109-70(46-55(3)4)86(126)103-63(31-17-24-38-93)79(119)101-53-77(116)117/h54-76H,17-53,93-100H2,1-16H3,(H,101,119)(H,102,118)(H,103,126)(H,104,120)(H,105,121)(H,106,127)(H,107,128)(H,108,129)(H,109,124)(H,110,122)(H,111,123)(H,112,125)(H,113,132)(H,114,131)(H,115,130)(H,116,117)/t62-,63-,64-,65-,66-,67-,68-,69-,70-,71-,72-,73-,74-,75-,76-/m0/s1. The number of rotatable bonds is 75. The van der Waals surface area contributed by atoms with Crippen molar-refractivity contribution in [3.8, 4) is 0 Å². The van der Waals surface area contributed by atoms with Crippen LogP contribution in [0.25, 0.3) is 0 Å². The van der Waals surface area contributed by atoms with Crippen LogP contribution in [0.15, 0.2) is 0 Å². The maximum absolute atomic E-state index is 14.9. The molecule has 0 unspecified atom stereocenters. The second kappa shape index (κ2) is 69.9. The van der Waals surface area contributed by atoms with E-state index in [0.29, 0.717) is 116 Å². The van der Waals surface area contributed by atoms with Crippen molar-refractivity contribution in [3.63, 3.8) is 0 Å². The lowest BCUT2D eigenvalue weighted by Gasteiger charge is -2.30. The van der Waals surface area contributed by atoms with Crippen LogP contribution in [0.3, 0.4) is 0 Å². The molecule has 762 valence electrons. The Balaban J connectivity index is 7.48. The Morgan fingerprint density at radius 2 is 0.318 bits per heavy atom. The van der Waals surface area contributed by atoms with Crippen LogP contribution in [0, 0.1) is 47.3 Å². The van der Waals surface area contributed by atoms with E-state index in [0.717, 1.165) is 0 Å². The van der Waals surface area contributed by atoms with Gasteiger partial charge in [0.1, 0.15) is 91.1 Å². The van der Waals surface area contributed by atoms with Gasteiger partial charge in [0.25, 0.3) is 0 Å². The molecule has 0 fully saturated rings. The summed E-state index contributed by atoms with van der Waals surface area (Å²) in [5.74, 6) is -13.7. The molecule has 15 amide bonds. The Morgan fingerprint density at radius 1 is 0.189 bits per heavy atom. The molecular weight excluding hydrogens is 1700 g/mol. The summed E-state index contributed by atoms with van der Waals surface area (Å²) in [4.78, 5) is 229. The number of nitrogens with one attached hydrogen (secondary N) is 15. The van der Waals surface area contributed by atoms with E-state index in [1.165, 1.54) is 0 Å². The normalized spacial score (nSPS) is 15.0. The monoisotopic (exact) mass is 1880 g/mol. The number of aliphatic carboxylic acids is 1. The molecule has 0 aliphatic rings. The van der Waals surface area contributed by atoms with Gasteiger partial charge in [-0.1, -0.05) is 111 Å². The van der Waals surface area contributed by atoms with Crippen molar-refractivity contribution in [1.82, 2.24) is 79.8 Å². The molecule has 0 aromatic rings. The number of carboxylic acids is 1. The summed E-state index contributed by atoms with van der Waals surface area (Å²) >= 11 is 0. The summed E-state index contributed by atoms with van der Waals surface area (Å²) in [6.45, 7) is 30.5. The number of carbonyl (C=O) groups excluding carboxylic acids is 15. The first-order valence-electron chi connectivity index (χ1n) is 48.6. The van der Waals surface area contributed by atoms with Crippen LogP contribution in [-0.2, 0) is 76.7 Å². The van der Waals surface area contributed by atoms with Crippen LogP contribution in [0.5, 0.6) is 0 Å². The Hall–Kier alpha value is -8.80. The molecule has 0 heterocycles. The maximum atomic E-state index is 14.9. The number of hydrogen-bond donors (Lipinski definition) is 24. The number of unbranched alkanes of at least 4 members (excludes halogenated alkanes) is 7. The zero-order valence-electron chi connectivity index (χ0n) is 82.5. The number of carbonyl (C=O) groups is 16. The Morgan fingerprint density at radius 3 is 0.455 bits per heavy atom. The highest BCUT2D eigenvalue weighted by atomic mass is 16.4. The van der Waals surface area contributed by atoms with E-state index in [4.69, 9.17) is 45.9 Å². The van der Waals surface area contributed by atoms with E-state index < -0.39 is 192 Å². The van der Waals surface area contributed by atoms with Crippen molar-refractivity contribution in [2.24, 2.45) is 93.2 Å². The van der Waals surface area contributed by atoms with Gasteiger partial charge in [-0.25, -0.2) is 0 Å². The van der Waals surface area contributed by atoms with Crippen LogP contribution in [0.1, 0.15) is 297 Å². The molecule has 0 radical (unpaired) electrons. The molecule has 0 aromatic carbocycles. The van der Waals surface area contributed by atoms with Gasteiger partial charge in [0.05, 0.1) is 6.04 Å². The van der Waals surface area contributed by atoms with E-state index in [1.54, 1.807) is 0 Å². The van der Waals surface area contributed by atoms with Crippen molar-refractivity contribution < 1.29 is 81.8 Å². The molecule has 40 nitrogen and oxygen atoms in total. The lowest BCUT2D eigenvalue weighted by Crippen LogP contribution is -2.61. The molecule has 0 saturated carbocycles. The fraction of sp³-hybridized carbons (Fsp3) is 0.826. The second-order valence-corrected chi connectivity index (χ2v) is 38.6. The van der Waals surface area contributed by atoms with Crippen LogP contribution < -0.4 is 126 Å². The summed E-state index contributed by atoms with van der Waals surface area (Å²) in [5, 5.41) is 50.9. The van der Waals surface area contributed by atoms with Gasteiger partial charge in [-0.2, -0.15) is 0 Å². The third-order valence-electron chi connectivity index (χ3n) is 21.9. The van der Waals surface area contributed by atoms with Gasteiger partial charge in [0, 0.05) is 0 Å².